The third kappa shape index (κ3) is 9.58. The normalized spacial score (nSPS) is 15.8. The highest BCUT2D eigenvalue weighted by Gasteiger charge is 2.35. The third-order valence-electron chi connectivity index (χ3n) is 7.78. The molecule has 2 aromatic carbocycles. The summed E-state index contributed by atoms with van der Waals surface area (Å²) in [4.78, 5) is 69.2. The molecule has 0 radical (unpaired) electrons. The number of Topliss-reactive ketones (excluding diaryl/α,β-unsaturated/α-hetero) is 1. The minimum Gasteiger partial charge on any atom is -0.454 e. The molecule has 0 aliphatic carbocycles. The Balaban J connectivity index is 1.39. The van der Waals surface area contributed by atoms with Gasteiger partial charge in [-0.1, -0.05) is 70.2 Å². The summed E-state index contributed by atoms with van der Waals surface area (Å²) in [6, 6.07) is 15.1. The number of ketones is 1. The van der Waals surface area contributed by atoms with Gasteiger partial charge in [-0.05, 0) is 42.4 Å². The van der Waals surface area contributed by atoms with Gasteiger partial charge in [-0.3, -0.25) is 28.8 Å². The van der Waals surface area contributed by atoms with Crippen LogP contribution in [0.25, 0.3) is 16.7 Å². The lowest BCUT2D eigenvalue weighted by Gasteiger charge is -2.36. The van der Waals surface area contributed by atoms with E-state index < -0.39 is 36.4 Å². The molecule has 1 fully saturated rings. The topological polar surface area (TPSA) is 152 Å². The molecule has 12 nitrogen and oxygen atoms in total. The largest absolute Gasteiger partial charge is 0.454 e. The van der Waals surface area contributed by atoms with Crippen LogP contribution in [-0.2, 0) is 28.7 Å². The summed E-state index contributed by atoms with van der Waals surface area (Å²) in [6.45, 7) is 7.57. The summed E-state index contributed by atoms with van der Waals surface area (Å²) in [7, 11) is 0. The highest BCUT2D eigenvalue weighted by molar-refractivity contribution is 5.97. The summed E-state index contributed by atoms with van der Waals surface area (Å²) in [6.07, 6.45) is 4.41. The second kappa shape index (κ2) is 16.6. The number of ether oxygens (including phenoxy) is 1. The van der Waals surface area contributed by atoms with Crippen molar-refractivity contribution in [3.8, 4) is 0 Å². The zero-order valence-electron chi connectivity index (χ0n) is 27.4. The van der Waals surface area contributed by atoms with Crippen LogP contribution in [0.3, 0.4) is 0 Å². The molecule has 2 atom stereocenters. The Morgan fingerprint density at radius 3 is 2.47 bits per heavy atom. The maximum Gasteiger partial charge on any atom is 0.333 e. The Morgan fingerprint density at radius 2 is 1.74 bits per heavy atom. The van der Waals surface area contributed by atoms with Crippen LogP contribution in [0, 0.1) is 11.8 Å². The van der Waals surface area contributed by atoms with E-state index in [1.165, 1.54) is 11.1 Å². The van der Waals surface area contributed by atoms with Crippen LogP contribution in [0.4, 0.5) is 0 Å². The van der Waals surface area contributed by atoms with Crippen molar-refractivity contribution in [1.29, 1.82) is 0 Å². The number of rotatable bonds is 14. The number of aromatic nitrogens is 2. The van der Waals surface area contributed by atoms with Gasteiger partial charge in [-0.15, -0.1) is 0 Å². The van der Waals surface area contributed by atoms with E-state index in [-0.39, 0.29) is 36.6 Å². The van der Waals surface area contributed by atoms with Crippen molar-refractivity contribution in [2.45, 2.75) is 65.5 Å². The number of carbonyl (C=O) groups excluding carboxylic acids is 5. The molecule has 1 aromatic heterocycles. The van der Waals surface area contributed by atoms with Gasteiger partial charge in [0.25, 0.3) is 0 Å². The Kier molecular flexibility index (Phi) is 12.4. The van der Waals surface area contributed by atoms with E-state index in [1.54, 1.807) is 24.7 Å². The first-order valence-corrected chi connectivity index (χ1v) is 16.1. The van der Waals surface area contributed by atoms with Crippen LogP contribution in [0.5, 0.6) is 0 Å². The maximum absolute atomic E-state index is 13.4. The molecule has 3 amide bonds. The van der Waals surface area contributed by atoms with Crippen LogP contribution >= 0.6 is 0 Å². The number of hydrogen-bond acceptors (Lipinski definition) is 8. The fourth-order valence-corrected chi connectivity index (χ4v) is 5.42. The Hall–Kier alpha value is -4.84. The molecule has 4 rings (SSSR count). The number of benzene rings is 2. The zero-order valence-corrected chi connectivity index (χ0v) is 27.4. The molecular weight excluding hydrogens is 600 g/mol. The van der Waals surface area contributed by atoms with Crippen molar-refractivity contribution in [2.24, 2.45) is 11.8 Å². The first-order chi connectivity index (χ1) is 22.5. The van der Waals surface area contributed by atoms with Gasteiger partial charge in [0.05, 0.1) is 22.8 Å². The summed E-state index contributed by atoms with van der Waals surface area (Å²) in [5.74, 6) is -2.25. The second-order valence-electron chi connectivity index (χ2n) is 12.3. The van der Waals surface area contributed by atoms with Gasteiger partial charge in [0.2, 0.25) is 17.7 Å². The van der Waals surface area contributed by atoms with E-state index in [2.05, 4.69) is 21.0 Å². The number of fused-ring (bicyclic) bond motifs is 1. The van der Waals surface area contributed by atoms with E-state index in [4.69, 9.17) is 4.74 Å². The van der Waals surface area contributed by atoms with E-state index >= 15 is 0 Å². The number of nitrogens with one attached hydrogen (secondary N) is 3. The van der Waals surface area contributed by atoms with Crippen molar-refractivity contribution in [3.63, 3.8) is 0 Å². The predicted octanol–water partition coefficient (Wildman–Crippen LogP) is 3.23. The Labute approximate surface area is 274 Å². The van der Waals surface area contributed by atoms with E-state index in [0.717, 1.165) is 16.6 Å². The van der Waals surface area contributed by atoms with Gasteiger partial charge in [0.1, 0.15) is 12.4 Å². The van der Waals surface area contributed by atoms with Crippen molar-refractivity contribution < 1.29 is 28.7 Å². The van der Waals surface area contributed by atoms with Crippen molar-refractivity contribution in [1.82, 2.24) is 30.6 Å². The third-order valence-corrected chi connectivity index (χ3v) is 7.78. The number of esters is 1. The van der Waals surface area contributed by atoms with Crippen molar-refractivity contribution >= 4 is 46.2 Å². The molecule has 250 valence electrons. The molecular formula is C35H44N6O6. The van der Waals surface area contributed by atoms with Gasteiger partial charge in [-0.25, -0.2) is 15.2 Å². The molecule has 47 heavy (non-hydrogen) atoms. The summed E-state index contributed by atoms with van der Waals surface area (Å²) in [5, 5.41) is 6.83. The number of hydrogen-bond donors (Lipinski definition) is 3. The van der Waals surface area contributed by atoms with Gasteiger partial charge >= 0.3 is 5.97 Å². The maximum atomic E-state index is 13.4. The Bertz CT molecular complexity index is 1600. The van der Waals surface area contributed by atoms with E-state index in [9.17, 15) is 24.0 Å². The van der Waals surface area contributed by atoms with Crippen LogP contribution in [-0.4, -0.2) is 75.8 Å². The first kappa shape index (κ1) is 35.0. The number of para-hydroxylation sites is 2. The van der Waals surface area contributed by atoms with Gasteiger partial charge in [0.15, 0.2) is 12.4 Å². The molecule has 0 unspecified atom stereocenters. The lowest BCUT2D eigenvalue weighted by Crippen LogP contribution is -2.61. The quantitative estimate of drug-likeness (QED) is 0.179. The highest BCUT2D eigenvalue weighted by Crippen LogP contribution is 2.23. The van der Waals surface area contributed by atoms with Gasteiger partial charge in [0, 0.05) is 32.0 Å². The molecule has 1 aliphatic rings. The number of amides is 3. The molecule has 1 aliphatic heterocycles. The average molecular weight is 645 g/mol. The number of nitrogens with zero attached hydrogens (tertiary/aromatic N) is 3. The monoisotopic (exact) mass is 644 g/mol. The van der Waals surface area contributed by atoms with Crippen LogP contribution in [0.2, 0.25) is 0 Å². The van der Waals surface area contributed by atoms with Crippen LogP contribution in [0.15, 0.2) is 67.0 Å². The lowest BCUT2D eigenvalue weighted by molar-refractivity contribution is -0.148. The first-order valence-electron chi connectivity index (χ1n) is 16.1. The Morgan fingerprint density at radius 1 is 1.02 bits per heavy atom. The standard InChI is InChI=1S/C35H44N6O6/c1-23(2)19-31(43)36-18-16-32(44)41-28(15-10-17-38-41)35(46)39-34(24(3)4)30(42)21-47-33(45)20-29(25-11-6-5-7-12-25)40-22-37-26-13-8-9-14-27(26)40/h5-9,11-14,20,22-24,28,34,38H,10,15-19,21H2,1-4H3,(H,36,43)(H,39,46)/b29-20+/t28-,34+/m0/s1. The molecule has 3 aromatic rings. The van der Waals surface area contributed by atoms with Crippen LogP contribution in [0.1, 0.15) is 58.9 Å². The smallest absolute Gasteiger partial charge is 0.333 e. The second-order valence-corrected chi connectivity index (χ2v) is 12.3. The highest BCUT2D eigenvalue weighted by atomic mass is 16.5. The number of imidazole rings is 1. The van der Waals surface area contributed by atoms with Gasteiger partial charge < -0.3 is 15.4 Å². The molecule has 0 spiro atoms. The van der Waals surface area contributed by atoms with Crippen LogP contribution < -0.4 is 16.1 Å². The zero-order chi connectivity index (χ0) is 33.9. The van der Waals surface area contributed by atoms with E-state index in [0.29, 0.717) is 31.5 Å². The molecule has 3 N–H and O–H groups in total. The van der Waals surface area contributed by atoms with Crippen molar-refractivity contribution in [3.05, 3.63) is 72.6 Å². The van der Waals surface area contributed by atoms with Crippen molar-refractivity contribution in [2.75, 3.05) is 19.7 Å². The number of carbonyl (C=O) groups is 5. The summed E-state index contributed by atoms with van der Waals surface area (Å²) in [5.41, 5.74) is 5.83. The minimum absolute atomic E-state index is 0.0243. The predicted molar refractivity (Wildman–Crippen MR) is 177 cm³/mol. The summed E-state index contributed by atoms with van der Waals surface area (Å²) >= 11 is 0. The van der Waals surface area contributed by atoms with Gasteiger partial charge in [-0.2, -0.15) is 0 Å². The number of hydrazine groups is 1. The molecule has 1 saturated heterocycles. The molecule has 2 heterocycles. The lowest BCUT2D eigenvalue weighted by atomic mass is 9.98. The SMILES string of the molecule is CC(C)CC(=O)NCCC(=O)N1NCCC[C@H]1C(=O)N[C@@H](C(=O)COC(=O)/C=C(\c1ccccc1)n1cnc2ccccc21)C(C)C. The fourth-order valence-electron chi connectivity index (χ4n) is 5.42. The average Bonchev–Trinajstić information content (AvgIpc) is 3.48. The molecule has 0 bridgehead atoms. The fraction of sp³-hybridized carbons (Fsp3) is 0.429. The minimum atomic E-state index is -0.945. The molecule has 12 heteroatoms. The van der Waals surface area contributed by atoms with E-state index in [1.807, 2.05) is 68.4 Å². The molecule has 0 saturated carbocycles. The summed E-state index contributed by atoms with van der Waals surface area (Å²) < 4.78 is 7.20.